The number of nitrogens with one attached hydrogen (secondary N) is 1. The van der Waals surface area contributed by atoms with Crippen molar-refractivity contribution in [2.45, 2.75) is 19.8 Å². The van der Waals surface area contributed by atoms with E-state index in [1.165, 1.54) is 0 Å². The van der Waals surface area contributed by atoms with Crippen molar-refractivity contribution in [1.82, 2.24) is 10.2 Å². The van der Waals surface area contributed by atoms with Crippen LogP contribution in [0, 0.1) is 5.92 Å². The first kappa shape index (κ1) is 22.8. The van der Waals surface area contributed by atoms with E-state index in [0.717, 1.165) is 17.3 Å². The van der Waals surface area contributed by atoms with Crippen LogP contribution in [-0.4, -0.2) is 49.1 Å². The summed E-state index contributed by atoms with van der Waals surface area (Å²) in [5.74, 6) is 0.489. The Bertz CT molecular complexity index is 924. The molecule has 3 rings (SSSR count). The molecule has 1 saturated heterocycles. The van der Waals surface area contributed by atoms with E-state index in [1.807, 2.05) is 29.2 Å². The first-order valence-electron chi connectivity index (χ1n) is 10.2. The first-order valence-corrected chi connectivity index (χ1v) is 11.0. The Kier molecular flexibility index (Phi) is 8.06. The van der Waals surface area contributed by atoms with Crippen LogP contribution in [0.25, 0.3) is 0 Å². The van der Waals surface area contributed by atoms with Crippen molar-refractivity contribution in [3.8, 4) is 5.75 Å². The second kappa shape index (κ2) is 10.9. The zero-order valence-corrected chi connectivity index (χ0v) is 18.9. The molecule has 0 aliphatic carbocycles. The molecule has 0 bridgehead atoms. The number of likely N-dealkylation sites (tertiary alicyclic amines) is 1. The molecule has 1 aliphatic heterocycles. The molecule has 0 radical (unpaired) electrons. The molecule has 1 heterocycles. The molecule has 0 aromatic heterocycles. The van der Waals surface area contributed by atoms with Gasteiger partial charge < -0.3 is 19.7 Å². The van der Waals surface area contributed by atoms with Crippen LogP contribution in [-0.2, 0) is 4.74 Å². The fraction of sp³-hybridized carbons (Fsp3) is 0.348. The Hall–Kier alpha value is -2.87. The van der Waals surface area contributed by atoms with Gasteiger partial charge in [-0.15, -0.1) is 0 Å². The number of carbonyl (C=O) groups excluding carboxylic acids is 3. The van der Waals surface area contributed by atoms with Crippen LogP contribution in [0.5, 0.6) is 5.75 Å². The fourth-order valence-electron chi connectivity index (χ4n) is 3.40. The van der Waals surface area contributed by atoms with Gasteiger partial charge in [0.1, 0.15) is 5.75 Å². The predicted molar refractivity (Wildman–Crippen MR) is 119 cm³/mol. The largest absolute Gasteiger partial charge is 0.513 e. The summed E-state index contributed by atoms with van der Waals surface area (Å²) in [6.07, 6.45) is 0.906. The van der Waals surface area contributed by atoms with Crippen molar-refractivity contribution in [3.05, 3.63) is 64.1 Å². The SMILES string of the molecule is CCOC(=O)Oc1ccc(C(=O)NCC2CCN(C(=O)c3cccc(Br)c3)CC2)cc1. The molecule has 0 spiro atoms. The number of carbonyl (C=O) groups is 3. The highest BCUT2D eigenvalue weighted by Crippen LogP contribution is 2.20. The van der Waals surface area contributed by atoms with E-state index in [1.54, 1.807) is 31.2 Å². The highest BCUT2D eigenvalue weighted by molar-refractivity contribution is 9.10. The van der Waals surface area contributed by atoms with Crippen molar-refractivity contribution >= 4 is 33.9 Å². The van der Waals surface area contributed by atoms with Crippen molar-refractivity contribution in [2.75, 3.05) is 26.2 Å². The number of piperidine rings is 1. The molecule has 164 valence electrons. The molecule has 8 heteroatoms. The minimum Gasteiger partial charge on any atom is -0.434 e. The summed E-state index contributed by atoms with van der Waals surface area (Å²) >= 11 is 3.40. The van der Waals surface area contributed by atoms with Gasteiger partial charge in [0, 0.05) is 35.2 Å². The van der Waals surface area contributed by atoms with Gasteiger partial charge in [-0.25, -0.2) is 4.79 Å². The summed E-state index contributed by atoms with van der Waals surface area (Å²) in [5, 5.41) is 2.95. The standard InChI is InChI=1S/C23H25BrN2O5/c1-2-30-23(29)31-20-8-6-17(7-9-20)21(27)25-15-16-10-12-26(13-11-16)22(28)18-4-3-5-19(24)14-18/h3-9,14,16H,2,10-13,15H2,1H3,(H,25,27). The third-order valence-electron chi connectivity index (χ3n) is 5.10. The number of halogens is 1. The number of rotatable bonds is 6. The highest BCUT2D eigenvalue weighted by Gasteiger charge is 2.24. The Morgan fingerprint density at radius 3 is 2.42 bits per heavy atom. The molecule has 2 aromatic rings. The topological polar surface area (TPSA) is 84.9 Å². The number of hydrogen-bond donors (Lipinski definition) is 1. The van der Waals surface area contributed by atoms with E-state index < -0.39 is 6.16 Å². The number of benzene rings is 2. The maximum atomic E-state index is 12.6. The molecule has 0 saturated carbocycles. The second-order valence-corrected chi connectivity index (χ2v) is 8.18. The maximum absolute atomic E-state index is 12.6. The van der Waals surface area contributed by atoms with Gasteiger partial charge >= 0.3 is 6.16 Å². The smallest absolute Gasteiger partial charge is 0.434 e. The minimum absolute atomic E-state index is 0.0360. The van der Waals surface area contributed by atoms with Crippen LogP contribution in [0.1, 0.15) is 40.5 Å². The molecular weight excluding hydrogens is 464 g/mol. The average Bonchev–Trinajstić information content (AvgIpc) is 2.78. The third kappa shape index (κ3) is 6.55. The van der Waals surface area contributed by atoms with Gasteiger partial charge in [0.15, 0.2) is 0 Å². The molecular formula is C23H25BrN2O5. The summed E-state index contributed by atoms with van der Waals surface area (Å²) in [4.78, 5) is 38.2. The first-order chi connectivity index (χ1) is 15.0. The lowest BCUT2D eigenvalue weighted by molar-refractivity contribution is 0.0684. The van der Waals surface area contributed by atoms with Gasteiger partial charge in [0.2, 0.25) is 0 Å². The van der Waals surface area contributed by atoms with Crippen molar-refractivity contribution in [2.24, 2.45) is 5.92 Å². The van der Waals surface area contributed by atoms with Crippen LogP contribution in [0.3, 0.4) is 0 Å². The Morgan fingerprint density at radius 1 is 1.06 bits per heavy atom. The molecule has 2 amide bonds. The molecule has 1 N–H and O–H groups in total. The monoisotopic (exact) mass is 488 g/mol. The maximum Gasteiger partial charge on any atom is 0.513 e. The van der Waals surface area contributed by atoms with E-state index in [-0.39, 0.29) is 18.4 Å². The molecule has 2 aromatic carbocycles. The molecule has 0 unspecified atom stereocenters. The number of hydrogen-bond acceptors (Lipinski definition) is 5. The molecule has 7 nitrogen and oxygen atoms in total. The Morgan fingerprint density at radius 2 is 1.77 bits per heavy atom. The third-order valence-corrected chi connectivity index (χ3v) is 5.60. The van der Waals surface area contributed by atoms with Gasteiger partial charge in [0.05, 0.1) is 6.61 Å². The highest BCUT2D eigenvalue weighted by atomic mass is 79.9. The molecule has 31 heavy (non-hydrogen) atoms. The quantitative estimate of drug-likeness (QED) is 0.484. The zero-order valence-electron chi connectivity index (χ0n) is 17.3. The summed E-state index contributed by atoms with van der Waals surface area (Å²) in [5.41, 5.74) is 1.16. The van der Waals surface area contributed by atoms with Crippen LogP contribution in [0.15, 0.2) is 53.0 Å². The van der Waals surface area contributed by atoms with Crippen LogP contribution < -0.4 is 10.1 Å². The van der Waals surface area contributed by atoms with E-state index in [2.05, 4.69) is 21.2 Å². The minimum atomic E-state index is -0.774. The average molecular weight is 489 g/mol. The zero-order chi connectivity index (χ0) is 22.2. The van der Waals surface area contributed by atoms with Crippen molar-refractivity contribution in [1.29, 1.82) is 0 Å². The van der Waals surface area contributed by atoms with E-state index in [9.17, 15) is 14.4 Å². The molecule has 1 aliphatic rings. The summed E-state index contributed by atoms with van der Waals surface area (Å²) in [6.45, 7) is 3.83. The summed E-state index contributed by atoms with van der Waals surface area (Å²) in [7, 11) is 0. The van der Waals surface area contributed by atoms with Gasteiger partial charge in [0.25, 0.3) is 11.8 Å². The van der Waals surface area contributed by atoms with Crippen LogP contribution in [0.2, 0.25) is 0 Å². The van der Waals surface area contributed by atoms with Gasteiger partial charge in [-0.1, -0.05) is 22.0 Å². The van der Waals surface area contributed by atoms with E-state index >= 15 is 0 Å². The lowest BCUT2D eigenvalue weighted by Crippen LogP contribution is -2.41. The van der Waals surface area contributed by atoms with Gasteiger partial charge in [-0.3, -0.25) is 9.59 Å². The normalized spacial score (nSPS) is 14.1. The fourth-order valence-corrected chi connectivity index (χ4v) is 3.80. The summed E-state index contributed by atoms with van der Waals surface area (Å²) in [6, 6.07) is 13.7. The molecule has 0 atom stereocenters. The predicted octanol–water partition coefficient (Wildman–Crippen LogP) is 4.27. The van der Waals surface area contributed by atoms with Crippen molar-refractivity contribution in [3.63, 3.8) is 0 Å². The number of amides is 2. The lowest BCUT2D eigenvalue weighted by atomic mass is 9.96. The second-order valence-electron chi connectivity index (χ2n) is 7.27. The van der Waals surface area contributed by atoms with E-state index in [4.69, 9.17) is 9.47 Å². The number of ether oxygens (including phenoxy) is 2. The van der Waals surface area contributed by atoms with Gasteiger partial charge in [-0.05, 0) is 68.1 Å². The van der Waals surface area contributed by atoms with Crippen LogP contribution in [0.4, 0.5) is 4.79 Å². The van der Waals surface area contributed by atoms with E-state index in [0.29, 0.717) is 42.4 Å². The van der Waals surface area contributed by atoms with Crippen LogP contribution >= 0.6 is 15.9 Å². The Labute approximate surface area is 189 Å². The van der Waals surface area contributed by atoms with Crippen molar-refractivity contribution < 1.29 is 23.9 Å². The number of nitrogens with zero attached hydrogens (tertiary/aromatic N) is 1. The lowest BCUT2D eigenvalue weighted by Gasteiger charge is -2.32. The summed E-state index contributed by atoms with van der Waals surface area (Å²) < 4.78 is 10.6. The Balaban J connectivity index is 1.43. The molecule has 1 fully saturated rings. The van der Waals surface area contributed by atoms with Gasteiger partial charge in [-0.2, -0.15) is 0 Å².